The predicted octanol–water partition coefficient (Wildman–Crippen LogP) is 3.51. The van der Waals surface area contributed by atoms with Gasteiger partial charge in [-0.1, -0.05) is 60.7 Å². The normalized spacial score (nSPS) is 16.4. The SMILES string of the molecule is Cn1ccnc1C(=O)N1CCC[C@@H]1C(OCC#N)(c1ccccc1)c1ccccc1. The first kappa shape index (κ1) is 19.9. The quantitative estimate of drug-likeness (QED) is 0.635. The summed E-state index contributed by atoms with van der Waals surface area (Å²) in [6, 6.07) is 21.6. The molecule has 152 valence electrons. The van der Waals surface area contributed by atoms with Crippen LogP contribution >= 0.6 is 0 Å². The van der Waals surface area contributed by atoms with Crippen LogP contribution in [0.3, 0.4) is 0 Å². The maximum absolute atomic E-state index is 13.4. The van der Waals surface area contributed by atoms with Crippen LogP contribution in [0.25, 0.3) is 0 Å². The molecule has 6 nitrogen and oxygen atoms in total. The molecule has 3 aromatic rings. The summed E-state index contributed by atoms with van der Waals surface area (Å²) < 4.78 is 8.12. The zero-order valence-corrected chi connectivity index (χ0v) is 16.9. The molecule has 0 aliphatic carbocycles. The molecule has 0 radical (unpaired) electrons. The van der Waals surface area contributed by atoms with Crippen LogP contribution in [-0.4, -0.2) is 39.6 Å². The summed E-state index contributed by atoms with van der Waals surface area (Å²) in [4.78, 5) is 19.6. The average molecular weight is 400 g/mol. The number of ether oxygens (including phenoxy) is 1. The van der Waals surface area contributed by atoms with Crippen molar-refractivity contribution in [3.05, 3.63) is 90.0 Å². The molecule has 30 heavy (non-hydrogen) atoms. The number of carbonyl (C=O) groups excluding carboxylic acids is 1. The summed E-state index contributed by atoms with van der Waals surface area (Å²) in [5.41, 5.74) is 0.905. The van der Waals surface area contributed by atoms with Gasteiger partial charge in [0.15, 0.2) is 5.82 Å². The van der Waals surface area contributed by atoms with Gasteiger partial charge in [-0.25, -0.2) is 4.98 Å². The molecule has 1 saturated heterocycles. The van der Waals surface area contributed by atoms with Crippen molar-refractivity contribution in [2.24, 2.45) is 7.05 Å². The summed E-state index contributed by atoms with van der Waals surface area (Å²) in [6.45, 7) is 0.540. The molecule has 1 amide bonds. The fourth-order valence-corrected chi connectivity index (χ4v) is 4.46. The summed E-state index contributed by atoms with van der Waals surface area (Å²) in [6.07, 6.45) is 5.03. The van der Waals surface area contributed by atoms with Crippen molar-refractivity contribution in [3.8, 4) is 6.07 Å². The lowest BCUT2D eigenvalue weighted by molar-refractivity contribution is -0.0514. The van der Waals surface area contributed by atoms with Gasteiger partial charge < -0.3 is 14.2 Å². The van der Waals surface area contributed by atoms with Crippen molar-refractivity contribution in [2.75, 3.05) is 13.2 Å². The topological polar surface area (TPSA) is 71.2 Å². The summed E-state index contributed by atoms with van der Waals surface area (Å²) in [5, 5.41) is 9.36. The number of benzene rings is 2. The van der Waals surface area contributed by atoms with Crippen LogP contribution in [0.5, 0.6) is 0 Å². The molecule has 1 atom stereocenters. The third-order valence-corrected chi connectivity index (χ3v) is 5.77. The van der Waals surface area contributed by atoms with Gasteiger partial charge in [0.05, 0.1) is 12.1 Å². The largest absolute Gasteiger partial charge is 0.348 e. The number of hydrogen-bond acceptors (Lipinski definition) is 4. The molecular formula is C24H24N4O2. The van der Waals surface area contributed by atoms with E-state index in [0.717, 1.165) is 24.0 Å². The van der Waals surface area contributed by atoms with Crippen molar-refractivity contribution in [2.45, 2.75) is 24.5 Å². The molecule has 6 heteroatoms. The first-order valence-electron chi connectivity index (χ1n) is 10.1. The second-order valence-corrected chi connectivity index (χ2v) is 7.43. The minimum absolute atomic E-state index is 0.0786. The van der Waals surface area contributed by atoms with E-state index in [-0.39, 0.29) is 18.6 Å². The van der Waals surface area contributed by atoms with Gasteiger partial charge in [0.25, 0.3) is 5.91 Å². The Morgan fingerprint density at radius 1 is 1.17 bits per heavy atom. The number of hydrogen-bond donors (Lipinski definition) is 0. The monoisotopic (exact) mass is 400 g/mol. The highest BCUT2D eigenvalue weighted by Crippen LogP contribution is 2.43. The Labute approximate surface area is 176 Å². The van der Waals surface area contributed by atoms with Gasteiger partial charge in [0.2, 0.25) is 0 Å². The summed E-state index contributed by atoms with van der Waals surface area (Å²) in [7, 11) is 1.82. The Morgan fingerprint density at radius 3 is 2.33 bits per heavy atom. The van der Waals surface area contributed by atoms with Crippen LogP contribution in [0.4, 0.5) is 0 Å². The van der Waals surface area contributed by atoms with E-state index in [4.69, 9.17) is 4.74 Å². The number of imidazole rings is 1. The first-order chi connectivity index (χ1) is 14.7. The molecule has 1 aliphatic heterocycles. The Balaban J connectivity index is 1.87. The molecule has 1 fully saturated rings. The molecule has 0 unspecified atom stereocenters. The number of aromatic nitrogens is 2. The van der Waals surface area contributed by atoms with Gasteiger partial charge >= 0.3 is 0 Å². The first-order valence-corrected chi connectivity index (χ1v) is 10.1. The smallest absolute Gasteiger partial charge is 0.290 e. The summed E-state index contributed by atoms with van der Waals surface area (Å²) >= 11 is 0. The van der Waals surface area contributed by atoms with Crippen molar-refractivity contribution in [3.63, 3.8) is 0 Å². The van der Waals surface area contributed by atoms with Crippen LogP contribution in [0, 0.1) is 11.3 Å². The predicted molar refractivity (Wildman–Crippen MR) is 112 cm³/mol. The Hall–Kier alpha value is -3.43. The minimum Gasteiger partial charge on any atom is -0.348 e. The lowest BCUT2D eigenvalue weighted by atomic mass is 9.78. The van der Waals surface area contributed by atoms with E-state index in [0.29, 0.717) is 12.4 Å². The van der Waals surface area contributed by atoms with E-state index >= 15 is 0 Å². The van der Waals surface area contributed by atoms with Crippen molar-refractivity contribution in [1.29, 1.82) is 5.26 Å². The highest BCUT2D eigenvalue weighted by molar-refractivity contribution is 5.91. The van der Waals surface area contributed by atoms with Crippen molar-refractivity contribution >= 4 is 5.91 Å². The van der Waals surface area contributed by atoms with Crippen LogP contribution in [0.15, 0.2) is 73.1 Å². The Kier molecular flexibility index (Phi) is 5.64. The second kappa shape index (κ2) is 8.52. The van der Waals surface area contributed by atoms with Crippen molar-refractivity contribution in [1.82, 2.24) is 14.5 Å². The molecule has 0 N–H and O–H groups in total. The maximum Gasteiger partial charge on any atom is 0.290 e. The number of nitriles is 1. The molecule has 1 aromatic heterocycles. The number of carbonyl (C=O) groups is 1. The number of likely N-dealkylation sites (tertiary alicyclic amines) is 1. The summed E-state index contributed by atoms with van der Waals surface area (Å²) in [5.74, 6) is 0.277. The van der Waals surface area contributed by atoms with E-state index < -0.39 is 5.60 Å². The van der Waals surface area contributed by atoms with Crippen molar-refractivity contribution < 1.29 is 9.53 Å². The Bertz CT molecular complexity index is 1000. The lowest BCUT2D eigenvalue weighted by Crippen LogP contribution is -2.52. The molecule has 4 rings (SSSR count). The molecule has 0 saturated carbocycles. The van der Waals surface area contributed by atoms with Gasteiger partial charge in [-0.05, 0) is 24.0 Å². The van der Waals surface area contributed by atoms with E-state index in [9.17, 15) is 10.1 Å². The molecule has 2 heterocycles. The van der Waals surface area contributed by atoms with Crippen LogP contribution < -0.4 is 0 Å². The molecule has 1 aliphatic rings. The van der Waals surface area contributed by atoms with Crippen LogP contribution in [0.2, 0.25) is 0 Å². The fourth-order valence-electron chi connectivity index (χ4n) is 4.46. The minimum atomic E-state index is -0.949. The van der Waals surface area contributed by atoms with E-state index in [1.165, 1.54) is 0 Å². The molecule has 2 aromatic carbocycles. The third-order valence-electron chi connectivity index (χ3n) is 5.77. The number of nitrogens with zero attached hydrogens (tertiary/aromatic N) is 4. The van der Waals surface area contributed by atoms with Gasteiger partial charge in [-0.2, -0.15) is 5.26 Å². The zero-order chi connectivity index (χ0) is 21.0. The standard InChI is InChI=1S/C24H24N4O2/c1-27-17-15-26-22(27)23(29)28-16-8-13-21(28)24(30-18-14-25,19-9-4-2-5-10-19)20-11-6-3-7-12-20/h2-7,9-12,15,17,21H,8,13,16,18H2,1H3/t21-/m1/s1. The van der Waals surface area contributed by atoms with E-state index in [1.807, 2.05) is 72.6 Å². The van der Waals surface area contributed by atoms with Gasteiger partial charge in [0.1, 0.15) is 12.2 Å². The van der Waals surface area contributed by atoms with Gasteiger partial charge in [0, 0.05) is 26.0 Å². The van der Waals surface area contributed by atoms with Crippen LogP contribution in [-0.2, 0) is 17.4 Å². The van der Waals surface area contributed by atoms with Gasteiger partial charge in [-0.15, -0.1) is 0 Å². The second-order valence-electron chi connectivity index (χ2n) is 7.43. The highest BCUT2D eigenvalue weighted by Gasteiger charge is 2.50. The molecule has 0 bridgehead atoms. The van der Waals surface area contributed by atoms with E-state index in [2.05, 4.69) is 11.1 Å². The third kappa shape index (κ3) is 3.38. The molecular weight excluding hydrogens is 376 g/mol. The molecule has 0 spiro atoms. The average Bonchev–Trinajstić information content (AvgIpc) is 3.45. The zero-order valence-electron chi connectivity index (χ0n) is 16.9. The fraction of sp³-hybridized carbons (Fsp3) is 0.292. The maximum atomic E-state index is 13.4. The van der Waals surface area contributed by atoms with Gasteiger partial charge in [-0.3, -0.25) is 4.79 Å². The lowest BCUT2D eigenvalue weighted by Gasteiger charge is -2.43. The number of rotatable bonds is 6. The van der Waals surface area contributed by atoms with Crippen LogP contribution in [0.1, 0.15) is 34.6 Å². The number of amides is 1. The Morgan fingerprint density at radius 2 is 1.80 bits per heavy atom. The number of aryl methyl sites for hydroxylation is 1. The highest BCUT2D eigenvalue weighted by atomic mass is 16.5. The van der Waals surface area contributed by atoms with E-state index in [1.54, 1.807) is 17.0 Å².